The third kappa shape index (κ3) is 0.351. The molecule has 2 rings (SSSR count). The molecule has 2 aliphatic heterocycles. The van der Waals surface area contributed by atoms with Gasteiger partial charge >= 0.3 is 0 Å². The van der Waals surface area contributed by atoms with Crippen LogP contribution in [0.15, 0.2) is 12.3 Å². The number of ketones is 1. The fourth-order valence-electron chi connectivity index (χ4n) is 1.24. The third-order valence-electron chi connectivity index (χ3n) is 1.73. The van der Waals surface area contributed by atoms with E-state index in [0.29, 0.717) is 12.3 Å². The summed E-state index contributed by atoms with van der Waals surface area (Å²) in [5, 5.41) is 0. The molecule has 0 amide bonds. The molecule has 0 N–H and O–H groups in total. The molecule has 0 aromatic carbocycles. The van der Waals surface area contributed by atoms with Gasteiger partial charge in [0.2, 0.25) is 0 Å². The van der Waals surface area contributed by atoms with Crippen molar-refractivity contribution in [2.24, 2.45) is 5.92 Å². The van der Waals surface area contributed by atoms with Crippen LogP contribution in [0.3, 0.4) is 0 Å². The highest BCUT2D eigenvalue weighted by atomic mass is 16.1. The third-order valence-corrected chi connectivity index (χ3v) is 1.73. The van der Waals surface area contributed by atoms with Crippen molar-refractivity contribution in [1.82, 2.24) is 4.90 Å². The Bertz CT molecular complexity index is 162. The van der Waals surface area contributed by atoms with E-state index in [2.05, 4.69) is 0 Å². The lowest BCUT2D eigenvalue weighted by atomic mass is 10.1. The monoisotopic (exact) mass is 109 g/mol. The normalized spacial score (nSPS) is 32.8. The molecule has 1 atom stereocenters. The van der Waals surface area contributed by atoms with Gasteiger partial charge in [-0.1, -0.05) is 6.08 Å². The first kappa shape index (κ1) is 4.13. The first-order valence-electron chi connectivity index (χ1n) is 2.81. The Hall–Kier alpha value is -0.790. The van der Waals surface area contributed by atoms with Gasteiger partial charge in [0.05, 0.1) is 12.5 Å². The summed E-state index contributed by atoms with van der Waals surface area (Å²) in [6.07, 6.45) is 3.98. The summed E-state index contributed by atoms with van der Waals surface area (Å²) in [6.45, 7) is 1.60. The summed E-state index contributed by atoms with van der Waals surface area (Å²) in [7, 11) is 0. The van der Waals surface area contributed by atoms with E-state index >= 15 is 0 Å². The lowest BCUT2D eigenvalue weighted by molar-refractivity contribution is -0.118. The van der Waals surface area contributed by atoms with E-state index in [1.165, 1.54) is 0 Å². The molecule has 2 nitrogen and oxygen atoms in total. The van der Waals surface area contributed by atoms with Gasteiger partial charge in [0.15, 0.2) is 5.78 Å². The van der Waals surface area contributed by atoms with Gasteiger partial charge in [-0.3, -0.25) is 4.79 Å². The van der Waals surface area contributed by atoms with Crippen molar-refractivity contribution in [2.75, 3.05) is 13.1 Å². The molecule has 2 aliphatic rings. The van der Waals surface area contributed by atoms with Gasteiger partial charge in [0.25, 0.3) is 0 Å². The second-order valence-corrected chi connectivity index (χ2v) is 2.34. The van der Waals surface area contributed by atoms with Crippen molar-refractivity contribution in [1.29, 1.82) is 0 Å². The highest BCUT2D eigenvalue weighted by Gasteiger charge is 2.30. The van der Waals surface area contributed by atoms with Crippen molar-refractivity contribution in [2.45, 2.75) is 0 Å². The van der Waals surface area contributed by atoms with E-state index in [1.54, 1.807) is 0 Å². The smallest absolute Gasteiger partial charge is 0.160 e. The first-order chi connectivity index (χ1) is 3.86. The Labute approximate surface area is 47.8 Å². The predicted molar refractivity (Wildman–Crippen MR) is 29.2 cm³/mol. The molecule has 0 spiro atoms. The number of carbonyl (C=O) groups excluding carboxylic acids is 1. The Morgan fingerprint density at radius 3 is 2.88 bits per heavy atom. The predicted octanol–water partition coefficient (Wildman–Crippen LogP) is 0.0146. The SMILES string of the molecule is O=C1CN2C=C[C@@H]1C2. The maximum Gasteiger partial charge on any atom is 0.160 e. The molecule has 2 heterocycles. The summed E-state index contributed by atoms with van der Waals surface area (Å²) in [5.41, 5.74) is 0. The van der Waals surface area contributed by atoms with Crippen molar-refractivity contribution in [3.63, 3.8) is 0 Å². The van der Waals surface area contributed by atoms with Gasteiger partial charge in [-0.2, -0.15) is 0 Å². The number of hydrogen-bond acceptors (Lipinski definition) is 2. The molecule has 8 heavy (non-hydrogen) atoms. The van der Waals surface area contributed by atoms with Crippen molar-refractivity contribution in [3.8, 4) is 0 Å². The maximum atomic E-state index is 10.7. The Kier molecular flexibility index (Phi) is 0.583. The van der Waals surface area contributed by atoms with E-state index in [-0.39, 0.29) is 5.92 Å². The van der Waals surface area contributed by atoms with Crippen LogP contribution in [0.1, 0.15) is 0 Å². The Balaban J connectivity index is 2.35. The molecule has 2 bridgehead atoms. The molecule has 0 aromatic rings. The number of Topliss-reactive ketones (excluding diaryl/α,β-unsaturated/α-hetero) is 1. The van der Waals surface area contributed by atoms with E-state index in [1.807, 2.05) is 17.2 Å². The molecule has 2 heteroatoms. The Morgan fingerprint density at radius 1 is 1.75 bits per heavy atom. The lowest BCUT2D eigenvalue weighted by Crippen LogP contribution is -2.13. The number of nitrogens with zero attached hydrogens (tertiary/aromatic N) is 1. The first-order valence-corrected chi connectivity index (χ1v) is 2.81. The van der Waals surface area contributed by atoms with Crippen LogP contribution < -0.4 is 0 Å². The number of fused-ring (bicyclic) bond motifs is 2. The summed E-state index contributed by atoms with van der Waals surface area (Å²) < 4.78 is 0. The van der Waals surface area contributed by atoms with Crippen molar-refractivity contribution in [3.05, 3.63) is 12.3 Å². The van der Waals surface area contributed by atoms with Gasteiger partial charge in [-0.05, 0) is 6.20 Å². The van der Waals surface area contributed by atoms with Crippen LogP contribution in [0.2, 0.25) is 0 Å². The van der Waals surface area contributed by atoms with E-state index < -0.39 is 0 Å². The van der Waals surface area contributed by atoms with Gasteiger partial charge in [0.1, 0.15) is 0 Å². The molecule has 0 aromatic heterocycles. The molecule has 0 radical (unpaired) electrons. The minimum atomic E-state index is 0.245. The van der Waals surface area contributed by atoms with Gasteiger partial charge in [0, 0.05) is 6.54 Å². The zero-order chi connectivity index (χ0) is 5.56. The standard InChI is InChI=1S/C6H7NO/c8-6-4-7-2-1-5(6)3-7/h1-2,5H,3-4H2/t5-/m1/s1. The largest absolute Gasteiger partial charge is 0.369 e. The van der Waals surface area contributed by atoms with E-state index in [4.69, 9.17) is 0 Å². The minimum Gasteiger partial charge on any atom is -0.369 e. The molecule has 0 aliphatic carbocycles. The van der Waals surface area contributed by atoms with E-state index in [0.717, 1.165) is 6.54 Å². The molecular formula is C6H7NO. The summed E-state index contributed by atoms with van der Waals surface area (Å²) in [4.78, 5) is 12.8. The second-order valence-electron chi connectivity index (χ2n) is 2.34. The molecule has 42 valence electrons. The van der Waals surface area contributed by atoms with E-state index in [9.17, 15) is 4.79 Å². The zero-order valence-corrected chi connectivity index (χ0v) is 4.50. The topological polar surface area (TPSA) is 20.3 Å². The number of rotatable bonds is 0. The zero-order valence-electron chi connectivity index (χ0n) is 4.50. The number of carbonyl (C=O) groups is 1. The van der Waals surface area contributed by atoms with Crippen LogP contribution in [-0.2, 0) is 4.79 Å². The summed E-state index contributed by atoms with van der Waals surface area (Å²) in [6, 6.07) is 0. The van der Waals surface area contributed by atoms with Gasteiger partial charge < -0.3 is 4.90 Å². The summed E-state index contributed by atoms with van der Waals surface area (Å²) >= 11 is 0. The fourth-order valence-corrected chi connectivity index (χ4v) is 1.24. The highest BCUT2D eigenvalue weighted by Crippen LogP contribution is 2.20. The van der Waals surface area contributed by atoms with Gasteiger partial charge in [-0.25, -0.2) is 0 Å². The quantitative estimate of drug-likeness (QED) is 0.437. The average Bonchev–Trinajstić information content (AvgIpc) is 2.23. The highest BCUT2D eigenvalue weighted by molar-refractivity contribution is 5.88. The minimum absolute atomic E-state index is 0.245. The van der Waals surface area contributed by atoms with Crippen molar-refractivity contribution >= 4 is 5.78 Å². The number of hydrogen-bond donors (Lipinski definition) is 0. The molecule has 0 saturated carbocycles. The molecular weight excluding hydrogens is 102 g/mol. The fraction of sp³-hybridized carbons (Fsp3) is 0.500. The van der Waals surface area contributed by atoms with Crippen LogP contribution in [0.4, 0.5) is 0 Å². The van der Waals surface area contributed by atoms with Gasteiger partial charge in [-0.15, -0.1) is 0 Å². The van der Waals surface area contributed by atoms with Crippen LogP contribution in [0.5, 0.6) is 0 Å². The lowest BCUT2D eigenvalue weighted by Gasteiger charge is -2.04. The van der Waals surface area contributed by atoms with Crippen LogP contribution in [-0.4, -0.2) is 23.8 Å². The average molecular weight is 109 g/mol. The second kappa shape index (κ2) is 1.13. The maximum absolute atomic E-state index is 10.7. The molecule has 0 unspecified atom stereocenters. The van der Waals surface area contributed by atoms with Crippen LogP contribution in [0, 0.1) is 5.92 Å². The Morgan fingerprint density at radius 2 is 2.62 bits per heavy atom. The molecule has 1 saturated heterocycles. The van der Waals surface area contributed by atoms with Crippen molar-refractivity contribution < 1.29 is 4.79 Å². The molecule has 1 fully saturated rings. The summed E-state index contributed by atoms with van der Waals surface area (Å²) in [5.74, 6) is 0.627. The van der Waals surface area contributed by atoms with Crippen LogP contribution in [0.25, 0.3) is 0 Å². The van der Waals surface area contributed by atoms with Crippen LogP contribution >= 0.6 is 0 Å².